The van der Waals surface area contributed by atoms with Crippen LogP contribution in [0.25, 0.3) is 0 Å². The Hall–Kier alpha value is -0.0500. The molecule has 1 aliphatic carbocycles. The minimum Gasteiger partial charge on any atom is -0.310 e. The van der Waals surface area contributed by atoms with Crippen molar-refractivity contribution >= 4 is 27.5 Å². The van der Waals surface area contributed by atoms with Gasteiger partial charge in [0.05, 0.1) is 0 Å². The molecule has 1 aromatic rings. The molecule has 1 N–H and O–H groups in total. The summed E-state index contributed by atoms with van der Waals surface area (Å²) >= 11 is 9.66. The van der Waals surface area contributed by atoms with Crippen LogP contribution >= 0.6 is 27.5 Å². The summed E-state index contributed by atoms with van der Waals surface area (Å²) in [6, 6.07) is 6.61. The fourth-order valence-corrected chi connectivity index (χ4v) is 3.17. The topological polar surface area (TPSA) is 12.0 Å². The molecule has 0 spiro atoms. The van der Waals surface area contributed by atoms with Gasteiger partial charge in [-0.15, -0.1) is 0 Å². The van der Waals surface area contributed by atoms with Crippen LogP contribution in [0.1, 0.15) is 38.2 Å². The maximum absolute atomic E-state index is 6.18. The highest BCUT2D eigenvalue weighted by Gasteiger charge is 2.20. The Morgan fingerprint density at radius 2 is 2.12 bits per heavy atom. The summed E-state index contributed by atoms with van der Waals surface area (Å²) in [6.07, 6.45) is 5.55. The Morgan fingerprint density at radius 1 is 1.41 bits per heavy atom. The monoisotopic (exact) mass is 315 g/mol. The predicted octanol–water partition coefficient (Wildman–Crippen LogP) is 4.77. The summed E-state index contributed by atoms with van der Waals surface area (Å²) in [5.74, 6) is 0.848. The molecular formula is C14H19BrClN. The SMILES string of the molecule is C[C@H](NCc1cc(Br)ccc1Cl)C1CCCC1. The van der Waals surface area contributed by atoms with Gasteiger partial charge in [0.15, 0.2) is 0 Å². The van der Waals surface area contributed by atoms with Gasteiger partial charge in [-0.2, -0.15) is 0 Å². The summed E-state index contributed by atoms with van der Waals surface area (Å²) in [5, 5.41) is 4.45. The van der Waals surface area contributed by atoms with Gasteiger partial charge in [-0.1, -0.05) is 40.4 Å². The molecule has 3 heteroatoms. The summed E-state index contributed by atoms with van der Waals surface area (Å²) in [6.45, 7) is 3.15. The van der Waals surface area contributed by atoms with E-state index in [-0.39, 0.29) is 0 Å². The lowest BCUT2D eigenvalue weighted by molar-refractivity contribution is 0.380. The van der Waals surface area contributed by atoms with E-state index >= 15 is 0 Å². The number of rotatable bonds is 4. The maximum Gasteiger partial charge on any atom is 0.0451 e. The zero-order valence-corrected chi connectivity index (χ0v) is 12.5. The second kappa shape index (κ2) is 6.21. The Kier molecular flexibility index (Phi) is 4.89. The van der Waals surface area contributed by atoms with Crippen molar-refractivity contribution in [1.29, 1.82) is 0 Å². The van der Waals surface area contributed by atoms with Crippen LogP contribution in [0.15, 0.2) is 22.7 Å². The van der Waals surface area contributed by atoms with Crippen LogP contribution in [-0.4, -0.2) is 6.04 Å². The van der Waals surface area contributed by atoms with Crippen LogP contribution in [0.5, 0.6) is 0 Å². The second-order valence-corrected chi connectivity index (χ2v) is 6.27. The molecule has 0 heterocycles. The van der Waals surface area contributed by atoms with Crippen LogP contribution in [0, 0.1) is 5.92 Å². The van der Waals surface area contributed by atoms with E-state index in [2.05, 4.69) is 34.2 Å². The van der Waals surface area contributed by atoms with Crippen molar-refractivity contribution in [3.05, 3.63) is 33.3 Å². The average Bonchev–Trinajstić information content (AvgIpc) is 2.83. The van der Waals surface area contributed by atoms with Gasteiger partial charge in [-0.3, -0.25) is 0 Å². The number of hydrogen-bond acceptors (Lipinski definition) is 1. The van der Waals surface area contributed by atoms with Crippen molar-refractivity contribution in [3.63, 3.8) is 0 Å². The summed E-state index contributed by atoms with van der Waals surface area (Å²) in [5.41, 5.74) is 1.17. The lowest BCUT2D eigenvalue weighted by Crippen LogP contribution is -2.31. The van der Waals surface area contributed by atoms with Crippen LogP contribution in [0.2, 0.25) is 5.02 Å². The highest BCUT2D eigenvalue weighted by molar-refractivity contribution is 9.10. The molecule has 0 aromatic heterocycles. The van der Waals surface area contributed by atoms with Gasteiger partial charge in [-0.05, 0) is 49.4 Å². The molecule has 0 radical (unpaired) electrons. The highest BCUT2D eigenvalue weighted by atomic mass is 79.9. The van der Waals surface area contributed by atoms with Gasteiger partial charge < -0.3 is 5.32 Å². The van der Waals surface area contributed by atoms with Crippen LogP contribution in [0.3, 0.4) is 0 Å². The van der Waals surface area contributed by atoms with E-state index in [1.54, 1.807) is 0 Å². The Labute approximate surface area is 117 Å². The lowest BCUT2D eigenvalue weighted by atomic mass is 9.99. The van der Waals surface area contributed by atoms with Crippen molar-refractivity contribution in [3.8, 4) is 0 Å². The standard InChI is InChI=1S/C14H19BrClN/c1-10(11-4-2-3-5-11)17-9-12-8-13(15)6-7-14(12)16/h6-8,10-11,17H,2-5,9H2,1H3/t10-/m0/s1. The first-order valence-corrected chi connectivity index (χ1v) is 7.51. The van der Waals surface area contributed by atoms with E-state index in [0.29, 0.717) is 6.04 Å². The summed E-state index contributed by atoms with van der Waals surface area (Å²) < 4.78 is 1.09. The van der Waals surface area contributed by atoms with E-state index in [1.165, 1.54) is 31.2 Å². The maximum atomic E-state index is 6.18. The molecule has 1 fully saturated rings. The van der Waals surface area contributed by atoms with Crippen LogP contribution < -0.4 is 5.32 Å². The Morgan fingerprint density at radius 3 is 2.82 bits per heavy atom. The largest absolute Gasteiger partial charge is 0.310 e. The third-order valence-electron chi connectivity index (χ3n) is 3.73. The number of benzene rings is 1. The first-order valence-electron chi connectivity index (χ1n) is 6.34. The molecule has 94 valence electrons. The summed E-state index contributed by atoms with van der Waals surface area (Å²) in [7, 11) is 0. The summed E-state index contributed by atoms with van der Waals surface area (Å²) in [4.78, 5) is 0. The van der Waals surface area contributed by atoms with Crippen molar-refractivity contribution in [1.82, 2.24) is 5.32 Å². The fraction of sp³-hybridized carbons (Fsp3) is 0.571. The average molecular weight is 317 g/mol. The Balaban J connectivity index is 1.90. The van der Waals surface area contributed by atoms with Crippen molar-refractivity contribution in [2.45, 2.75) is 45.2 Å². The van der Waals surface area contributed by atoms with E-state index < -0.39 is 0 Å². The lowest BCUT2D eigenvalue weighted by Gasteiger charge is -2.20. The quantitative estimate of drug-likeness (QED) is 0.843. The van der Waals surface area contributed by atoms with Gasteiger partial charge >= 0.3 is 0 Å². The molecule has 1 aromatic carbocycles. The van der Waals surface area contributed by atoms with Gasteiger partial charge in [0.2, 0.25) is 0 Å². The smallest absolute Gasteiger partial charge is 0.0451 e. The number of nitrogens with one attached hydrogen (secondary N) is 1. The molecule has 1 nitrogen and oxygen atoms in total. The molecule has 1 atom stereocenters. The van der Waals surface area contributed by atoms with E-state index in [0.717, 1.165) is 22.0 Å². The molecule has 0 aliphatic heterocycles. The van der Waals surface area contributed by atoms with E-state index in [9.17, 15) is 0 Å². The van der Waals surface area contributed by atoms with Gasteiger partial charge in [-0.25, -0.2) is 0 Å². The molecular weight excluding hydrogens is 298 g/mol. The minimum absolute atomic E-state index is 0.590. The zero-order chi connectivity index (χ0) is 12.3. The number of hydrogen-bond donors (Lipinski definition) is 1. The predicted molar refractivity (Wildman–Crippen MR) is 77.4 cm³/mol. The first-order chi connectivity index (χ1) is 8.16. The minimum atomic E-state index is 0.590. The normalized spacial score (nSPS) is 18.5. The van der Waals surface area contributed by atoms with E-state index in [4.69, 9.17) is 11.6 Å². The van der Waals surface area contributed by atoms with E-state index in [1.807, 2.05) is 12.1 Å². The second-order valence-electron chi connectivity index (χ2n) is 4.95. The van der Waals surface area contributed by atoms with Gasteiger partial charge in [0.1, 0.15) is 0 Å². The number of halogens is 2. The van der Waals surface area contributed by atoms with Crippen molar-refractivity contribution in [2.24, 2.45) is 5.92 Å². The third kappa shape index (κ3) is 3.70. The molecule has 2 rings (SSSR count). The Bertz CT molecular complexity index is 374. The third-order valence-corrected chi connectivity index (χ3v) is 4.59. The molecule has 0 unspecified atom stereocenters. The molecule has 1 saturated carbocycles. The first kappa shape index (κ1) is 13.4. The van der Waals surface area contributed by atoms with Crippen LogP contribution in [0.4, 0.5) is 0 Å². The zero-order valence-electron chi connectivity index (χ0n) is 10.2. The molecule has 1 aliphatic rings. The van der Waals surface area contributed by atoms with Gasteiger partial charge in [0.25, 0.3) is 0 Å². The van der Waals surface area contributed by atoms with Crippen molar-refractivity contribution < 1.29 is 0 Å². The molecule has 0 bridgehead atoms. The highest BCUT2D eigenvalue weighted by Crippen LogP contribution is 2.28. The van der Waals surface area contributed by atoms with Crippen molar-refractivity contribution in [2.75, 3.05) is 0 Å². The van der Waals surface area contributed by atoms with Gasteiger partial charge in [0, 0.05) is 22.1 Å². The molecule has 17 heavy (non-hydrogen) atoms. The fourth-order valence-electron chi connectivity index (χ4n) is 2.57. The molecule has 0 saturated heterocycles. The molecule has 0 amide bonds. The van der Waals surface area contributed by atoms with Crippen LogP contribution in [-0.2, 0) is 6.54 Å².